The van der Waals surface area contributed by atoms with Crippen molar-refractivity contribution in [2.75, 3.05) is 26.2 Å². The van der Waals surface area contributed by atoms with E-state index >= 15 is 0 Å². The normalized spacial score (nSPS) is 22.8. The van der Waals surface area contributed by atoms with Gasteiger partial charge in [-0.15, -0.1) is 0 Å². The van der Waals surface area contributed by atoms with Crippen molar-refractivity contribution in [1.82, 2.24) is 9.21 Å². The molecule has 1 atom stereocenters. The van der Waals surface area contributed by atoms with Crippen LogP contribution in [0.15, 0.2) is 23.1 Å². The van der Waals surface area contributed by atoms with Crippen LogP contribution in [0, 0.1) is 5.92 Å². The summed E-state index contributed by atoms with van der Waals surface area (Å²) < 4.78 is 27.7. The minimum atomic E-state index is -3.68. The molecule has 26 heavy (non-hydrogen) atoms. The number of halogens is 1. The Morgan fingerprint density at radius 2 is 1.77 bits per heavy atom. The summed E-state index contributed by atoms with van der Waals surface area (Å²) in [5.41, 5.74) is 0.400. The van der Waals surface area contributed by atoms with Crippen molar-refractivity contribution < 1.29 is 13.2 Å². The molecule has 0 radical (unpaired) electrons. The highest BCUT2D eigenvalue weighted by molar-refractivity contribution is 7.89. The fourth-order valence-electron chi connectivity index (χ4n) is 3.81. The van der Waals surface area contributed by atoms with Gasteiger partial charge in [0.2, 0.25) is 10.0 Å². The third-order valence-electron chi connectivity index (χ3n) is 5.31. The minimum absolute atomic E-state index is 0.0528. The molecule has 0 N–H and O–H groups in total. The number of carbonyl (C=O) groups excluding carboxylic acids is 1. The average molecular weight is 399 g/mol. The highest BCUT2D eigenvalue weighted by Crippen LogP contribution is 2.28. The fraction of sp³-hybridized carbons (Fsp3) is 0.632. The summed E-state index contributed by atoms with van der Waals surface area (Å²) in [7, 11) is -3.68. The summed E-state index contributed by atoms with van der Waals surface area (Å²) in [5.74, 6) is 0.362. The molecule has 3 rings (SSSR count). The van der Waals surface area contributed by atoms with Crippen LogP contribution >= 0.6 is 11.6 Å². The molecule has 1 aromatic carbocycles. The topological polar surface area (TPSA) is 57.7 Å². The first-order valence-corrected chi connectivity index (χ1v) is 11.3. The van der Waals surface area contributed by atoms with Crippen molar-refractivity contribution in [2.45, 2.75) is 50.3 Å². The third-order valence-corrected chi connectivity index (χ3v) is 7.69. The Hall–Kier alpha value is -1.11. The molecule has 2 saturated heterocycles. The fourth-order valence-corrected chi connectivity index (χ4v) is 5.83. The first-order valence-electron chi connectivity index (χ1n) is 9.48. The van der Waals surface area contributed by atoms with E-state index in [4.69, 9.17) is 11.6 Å². The molecule has 2 aliphatic heterocycles. The van der Waals surface area contributed by atoms with Crippen LogP contribution in [-0.4, -0.2) is 49.7 Å². The van der Waals surface area contributed by atoms with Gasteiger partial charge in [-0.1, -0.05) is 31.4 Å². The molecule has 2 fully saturated rings. The van der Waals surface area contributed by atoms with Gasteiger partial charge in [0.15, 0.2) is 0 Å². The number of benzene rings is 1. The lowest BCUT2D eigenvalue weighted by Gasteiger charge is -2.31. The van der Waals surface area contributed by atoms with Crippen LogP contribution in [-0.2, 0) is 10.0 Å². The molecule has 7 heteroatoms. The van der Waals surface area contributed by atoms with E-state index < -0.39 is 10.0 Å². The minimum Gasteiger partial charge on any atom is -0.338 e. The van der Waals surface area contributed by atoms with E-state index in [1.54, 1.807) is 6.07 Å². The predicted octanol–water partition coefficient (Wildman–Crippen LogP) is 3.78. The zero-order valence-corrected chi connectivity index (χ0v) is 16.9. The Morgan fingerprint density at radius 3 is 2.42 bits per heavy atom. The first-order chi connectivity index (χ1) is 12.4. The summed E-state index contributed by atoms with van der Waals surface area (Å²) in [6.07, 6.45) is 5.93. The quantitative estimate of drug-likeness (QED) is 0.778. The molecule has 144 valence electrons. The smallest absolute Gasteiger partial charge is 0.253 e. The second kappa shape index (κ2) is 8.28. The molecule has 1 aromatic rings. The van der Waals surface area contributed by atoms with Crippen LogP contribution in [0.2, 0.25) is 5.02 Å². The molecule has 0 aromatic heterocycles. The summed E-state index contributed by atoms with van der Waals surface area (Å²) >= 11 is 6.22. The summed E-state index contributed by atoms with van der Waals surface area (Å²) in [6.45, 7) is 4.60. The maximum Gasteiger partial charge on any atom is 0.253 e. The van der Waals surface area contributed by atoms with Gasteiger partial charge < -0.3 is 4.90 Å². The molecule has 2 heterocycles. The van der Waals surface area contributed by atoms with E-state index in [2.05, 4.69) is 6.92 Å². The van der Waals surface area contributed by atoms with Gasteiger partial charge in [0, 0.05) is 31.7 Å². The van der Waals surface area contributed by atoms with Crippen LogP contribution in [0.5, 0.6) is 0 Å². The average Bonchev–Trinajstić information content (AvgIpc) is 2.91. The van der Waals surface area contributed by atoms with Crippen molar-refractivity contribution in [3.8, 4) is 0 Å². The van der Waals surface area contributed by atoms with Crippen molar-refractivity contribution >= 4 is 27.5 Å². The number of hydrogen-bond donors (Lipinski definition) is 0. The Morgan fingerprint density at radius 1 is 1.08 bits per heavy atom. The summed E-state index contributed by atoms with van der Waals surface area (Å²) in [6, 6.07) is 4.63. The Labute approximate surface area is 161 Å². The lowest BCUT2D eigenvalue weighted by molar-refractivity contribution is 0.0683. The van der Waals surface area contributed by atoms with Gasteiger partial charge in [-0.3, -0.25) is 4.79 Å². The predicted molar refractivity (Wildman–Crippen MR) is 103 cm³/mol. The molecule has 0 bridgehead atoms. The Kier molecular flexibility index (Phi) is 6.25. The SMILES string of the molecule is C[C@@H]1CCCN(C(=O)c2ccc(Cl)c(S(=O)(=O)N3CCCCCC3)c2)C1. The van der Waals surface area contributed by atoms with Gasteiger partial charge in [-0.05, 0) is 49.8 Å². The molecular weight excluding hydrogens is 372 g/mol. The summed E-state index contributed by atoms with van der Waals surface area (Å²) in [4.78, 5) is 14.7. The van der Waals surface area contributed by atoms with Crippen molar-refractivity contribution in [1.29, 1.82) is 0 Å². The summed E-state index contributed by atoms with van der Waals surface area (Å²) in [5, 5.41) is 0.179. The molecule has 0 aliphatic carbocycles. The largest absolute Gasteiger partial charge is 0.338 e. The van der Waals surface area contributed by atoms with Gasteiger partial charge in [-0.25, -0.2) is 8.42 Å². The van der Waals surface area contributed by atoms with Crippen molar-refractivity contribution in [3.05, 3.63) is 28.8 Å². The number of likely N-dealkylation sites (tertiary alicyclic amines) is 1. The van der Waals surface area contributed by atoms with Crippen LogP contribution < -0.4 is 0 Å². The molecule has 2 aliphatic rings. The number of rotatable bonds is 3. The molecule has 1 amide bonds. The van der Waals surface area contributed by atoms with Gasteiger partial charge in [0.25, 0.3) is 5.91 Å². The van der Waals surface area contributed by atoms with E-state index in [9.17, 15) is 13.2 Å². The third kappa shape index (κ3) is 4.24. The number of nitrogens with zero attached hydrogens (tertiary/aromatic N) is 2. The van der Waals surface area contributed by atoms with Gasteiger partial charge >= 0.3 is 0 Å². The highest BCUT2D eigenvalue weighted by Gasteiger charge is 2.29. The van der Waals surface area contributed by atoms with E-state index in [1.165, 1.54) is 16.4 Å². The number of carbonyl (C=O) groups is 1. The zero-order chi connectivity index (χ0) is 18.7. The highest BCUT2D eigenvalue weighted by atomic mass is 35.5. The van der Waals surface area contributed by atoms with E-state index in [-0.39, 0.29) is 15.8 Å². The lowest BCUT2D eigenvalue weighted by atomic mass is 9.99. The standard InChI is InChI=1S/C19H27ClN2O3S/c1-15-7-6-10-21(14-15)19(23)16-8-9-17(20)18(13-16)26(24,25)22-11-4-2-3-5-12-22/h8-9,13,15H,2-7,10-12,14H2,1H3/t15-/m1/s1. The van der Waals surface area contributed by atoms with Crippen LogP contribution in [0.25, 0.3) is 0 Å². The van der Waals surface area contributed by atoms with Gasteiger partial charge in [0.1, 0.15) is 4.90 Å². The van der Waals surface area contributed by atoms with Crippen LogP contribution in [0.3, 0.4) is 0 Å². The number of hydrogen-bond acceptors (Lipinski definition) is 3. The Bertz CT molecular complexity index is 758. The van der Waals surface area contributed by atoms with Crippen molar-refractivity contribution in [3.63, 3.8) is 0 Å². The van der Waals surface area contributed by atoms with Crippen LogP contribution in [0.1, 0.15) is 55.8 Å². The molecule has 0 saturated carbocycles. The van der Waals surface area contributed by atoms with E-state index in [1.807, 2.05) is 4.90 Å². The zero-order valence-electron chi connectivity index (χ0n) is 15.3. The molecule has 5 nitrogen and oxygen atoms in total. The van der Waals surface area contributed by atoms with E-state index in [0.29, 0.717) is 24.6 Å². The van der Waals surface area contributed by atoms with Crippen molar-refractivity contribution in [2.24, 2.45) is 5.92 Å². The van der Waals surface area contributed by atoms with Crippen LogP contribution in [0.4, 0.5) is 0 Å². The van der Waals surface area contributed by atoms with E-state index in [0.717, 1.165) is 51.6 Å². The number of piperidine rings is 1. The second-order valence-corrected chi connectivity index (χ2v) is 9.78. The van der Waals surface area contributed by atoms with Gasteiger partial charge in [-0.2, -0.15) is 4.31 Å². The monoisotopic (exact) mass is 398 g/mol. The van der Waals surface area contributed by atoms with Gasteiger partial charge in [0.05, 0.1) is 5.02 Å². The second-order valence-electron chi connectivity index (χ2n) is 7.46. The maximum absolute atomic E-state index is 13.1. The lowest BCUT2D eigenvalue weighted by Crippen LogP contribution is -2.39. The number of sulfonamides is 1. The number of amides is 1. The molecule has 0 unspecified atom stereocenters. The Balaban J connectivity index is 1.88. The molecular formula is C19H27ClN2O3S. The first kappa shape index (κ1) is 19.6. The maximum atomic E-state index is 13.1. The molecule has 0 spiro atoms.